The van der Waals surface area contributed by atoms with E-state index < -0.39 is 17.0 Å². The largest absolute Gasteiger partial charge is 0.478 e. The van der Waals surface area contributed by atoms with Crippen LogP contribution in [0.25, 0.3) is 0 Å². The predicted octanol–water partition coefficient (Wildman–Crippen LogP) is 1.36. The lowest BCUT2D eigenvalue weighted by Crippen LogP contribution is -2.07. The van der Waals surface area contributed by atoms with Crippen molar-refractivity contribution in [1.29, 1.82) is 0 Å². The first-order chi connectivity index (χ1) is 9.00. The van der Waals surface area contributed by atoms with Crippen LogP contribution < -0.4 is 0 Å². The summed E-state index contributed by atoms with van der Waals surface area (Å²) in [5.41, 5.74) is -0.260. The molecule has 0 radical (unpaired) electrons. The number of nitro benzene ring substituents is 1. The first-order valence-electron chi connectivity index (χ1n) is 5.10. The van der Waals surface area contributed by atoms with E-state index in [0.29, 0.717) is 0 Å². The summed E-state index contributed by atoms with van der Waals surface area (Å²) in [4.78, 5) is 20.8. The average Bonchev–Trinajstić information content (AvgIpc) is 2.87. The van der Waals surface area contributed by atoms with Gasteiger partial charge in [0.05, 0.1) is 4.92 Å². The van der Waals surface area contributed by atoms with Gasteiger partial charge >= 0.3 is 5.97 Å². The number of benzene rings is 1. The number of rotatable bonds is 4. The van der Waals surface area contributed by atoms with Crippen LogP contribution in [0.3, 0.4) is 0 Å². The van der Waals surface area contributed by atoms with Crippen molar-refractivity contribution in [2.75, 3.05) is 0 Å². The Morgan fingerprint density at radius 2 is 2.00 bits per heavy atom. The van der Waals surface area contributed by atoms with Gasteiger partial charge in [-0.2, -0.15) is 0 Å². The number of hydrogen-bond donors (Lipinski definition) is 2. The van der Waals surface area contributed by atoms with Gasteiger partial charge in [0.25, 0.3) is 5.69 Å². The zero-order chi connectivity index (χ0) is 14.0. The summed E-state index contributed by atoms with van der Waals surface area (Å²) in [5.74, 6) is -1.28. The molecule has 8 heteroatoms. The van der Waals surface area contributed by atoms with Gasteiger partial charge in [-0.3, -0.25) is 10.1 Å². The van der Waals surface area contributed by atoms with Crippen LogP contribution in [0.5, 0.6) is 0 Å². The number of carboxylic acid groups (broad SMARTS) is 1. The lowest BCUT2D eigenvalue weighted by Gasteiger charge is -2.08. The lowest BCUT2D eigenvalue weighted by molar-refractivity contribution is -0.384. The second-order valence-electron chi connectivity index (χ2n) is 3.67. The fourth-order valence-electron chi connectivity index (χ4n) is 1.54. The van der Waals surface area contributed by atoms with E-state index in [4.69, 9.17) is 5.11 Å². The highest BCUT2D eigenvalue weighted by Crippen LogP contribution is 2.25. The molecule has 2 aromatic rings. The molecule has 1 unspecified atom stereocenters. The Morgan fingerprint density at radius 3 is 2.53 bits per heavy atom. The lowest BCUT2D eigenvalue weighted by atomic mass is 10.0. The molecule has 0 aliphatic carbocycles. The number of aromatic nitrogens is 1. The molecule has 0 saturated carbocycles. The SMILES string of the molecule is O=C(O)c1conc1C(O)c1ccc([N+](=O)[O-])cc1. The van der Waals surface area contributed by atoms with Gasteiger partial charge in [0.1, 0.15) is 23.6 Å². The van der Waals surface area contributed by atoms with Crippen LogP contribution in [0.1, 0.15) is 27.7 Å². The number of carboxylic acids is 1. The van der Waals surface area contributed by atoms with Gasteiger partial charge in [-0.15, -0.1) is 0 Å². The summed E-state index contributed by atoms with van der Waals surface area (Å²) in [6, 6.07) is 5.06. The minimum absolute atomic E-state index is 0.130. The molecule has 2 rings (SSSR count). The molecule has 1 aromatic heterocycles. The number of aliphatic hydroxyl groups excluding tert-OH is 1. The molecule has 98 valence electrons. The summed E-state index contributed by atoms with van der Waals surface area (Å²) in [5, 5.41) is 32.8. The van der Waals surface area contributed by atoms with E-state index in [9.17, 15) is 20.0 Å². The van der Waals surface area contributed by atoms with Crippen molar-refractivity contribution in [2.45, 2.75) is 6.10 Å². The van der Waals surface area contributed by atoms with Crippen molar-refractivity contribution in [3.63, 3.8) is 0 Å². The molecular formula is C11H8N2O6. The van der Waals surface area contributed by atoms with E-state index in [1.54, 1.807) is 0 Å². The van der Waals surface area contributed by atoms with Gasteiger partial charge in [-0.05, 0) is 17.7 Å². The second-order valence-corrected chi connectivity index (χ2v) is 3.67. The molecule has 0 aliphatic rings. The number of nitro groups is 1. The number of hydrogen-bond acceptors (Lipinski definition) is 6. The number of aliphatic hydroxyl groups is 1. The first-order valence-corrected chi connectivity index (χ1v) is 5.10. The number of nitrogens with zero attached hydrogens (tertiary/aromatic N) is 2. The highest BCUT2D eigenvalue weighted by molar-refractivity contribution is 5.88. The highest BCUT2D eigenvalue weighted by atomic mass is 16.6. The molecule has 0 bridgehead atoms. The predicted molar refractivity (Wildman–Crippen MR) is 60.6 cm³/mol. The third-order valence-corrected chi connectivity index (χ3v) is 2.51. The van der Waals surface area contributed by atoms with Crippen LogP contribution in [-0.2, 0) is 0 Å². The van der Waals surface area contributed by atoms with Gasteiger partial charge in [-0.25, -0.2) is 4.79 Å². The highest BCUT2D eigenvalue weighted by Gasteiger charge is 2.23. The van der Waals surface area contributed by atoms with Crippen LogP contribution in [0.2, 0.25) is 0 Å². The summed E-state index contributed by atoms with van der Waals surface area (Å²) in [6.45, 7) is 0. The Hall–Kier alpha value is -2.74. The second kappa shape index (κ2) is 4.86. The van der Waals surface area contributed by atoms with E-state index >= 15 is 0 Å². The van der Waals surface area contributed by atoms with Crippen molar-refractivity contribution in [1.82, 2.24) is 5.16 Å². The van der Waals surface area contributed by atoms with Gasteiger partial charge in [0.15, 0.2) is 0 Å². The zero-order valence-electron chi connectivity index (χ0n) is 9.39. The first kappa shape index (κ1) is 12.7. The molecule has 0 aliphatic heterocycles. The number of aromatic carboxylic acids is 1. The van der Waals surface area contributed by atoms with Gasteiger partial charge < -0.3 is 14.7 Å². The Balaban J connectivity index is 2.33. The van der Waals surface area contributed by atoms with Crippen molar-refractivity contribution >= 4 is 11.7 Å². The molecule has 19 heavy (non-hydrogen) atoms. The Kier molecular flexibility index (Phi) is 3.25. The molecule has 0 amide bonds. The van der Waals surface area contributed by atoms with Gasteiger partial charge in [0.2, 0.25) is 0 Å². The zero-order valence-corrected chi connectivity index (χ0v) is 9.39. The van der Waals surface area contributed by atoms with Crippen LogP contribution in [-0.4, -0.2) is 26.3 Å². The average molecular weight is 264 g/mol. The minimum atomic E-state index is -1.33. The van der Waals surface area contributed by atoms with Crippen molar-refractivity contribution in [3.05, 3.63) is 57.5 Å². The number of carbonyl (C=O) groups is 1. The molecule has 0 fully saturated rings. The molecule has 8 nitrogen and oxygen atoms in total. The Labute approximate surface area is 106 Å². The molecule has 1 atom stereocenters. The fraction of sp³-hybridized carbons (Fsp3) is 0.0909. The monoisotopic (exact) mass is 264 g/mol. The van der Waals surface area contributed by atoms with Crippen LogP contribution >= 0.6 is 0 Å². The normalized spacial score (nSPS) is 12.1. The van der Waals surface area contributed by atoms with Crippen molar-refractivity contribution in [2.24, 2.45) is 0 Å². The van der Waals surface area contributed by atoms with Crippen molar-refractivity contribution in [3.8, 4) is 0 Å². The summed E-state index contributed by atoms with van der Waals surface area (Å²) in [6.07, 6.45) is -0.419. The van der Waals surface area contributed by atoms with E-state index in [2.05, 4.69) is 9.68 Å². The van der Waals surface area contributed by atoms with E-state index in [0.717, 1.165) is 6.26 Å². The van der Waals surface area contributed by atoms with Gasteiger partial charge in [0, 0.05) is 12.1 Å². The Morgan fingerprint density at radius 1 is 1.37 bits per heavy atom. The van der Waals surface area contributed by atoms with Gasteiger partial charge in [-0.1, -0.05) is 5.16 Å². The van der Waals surface area contributed by atoms with Crippen molar-refractivity contribution < 1.29 is 24.5 Å². The Bertz CT molecular complexity index is 618. The van der Waals surface area contributed by atoms with E-state index in [1.807, 2.05) is 0 Å². The molecule has 0 spiro atoms. The topological polar surface area (TPSA) is 127 Å². The van der Waals surface area contributed by atoms with Crippen LogP contribution in [0, 0.1) is 10.1 Å². The third kappa shape index (κ3) is 2.43. The van der Waals surface area contributed by atoms with Crippen LogP contribution in [0.15, 0.2) is 35.1 Å². The number of non-ortho nitro benzene ring substituents is 1. The minimum Gasteiger partial charge on any atom is -0.478 e. The maximum Gasteiger partial charge on any atom is 0.341 e. The molecule has 1 heterocycles. The quantitative estimate of drug-likeness (QED) is 0.630. The maximum atomic E-state index is 10.9. The molecule has 0 saturated heterocycles. The molecule has 1 aromatic carbocycles. The van der Waals surface area contributed by atoms with E-state index in [-0.39, 0.29) is 22.5 Å². The van der Waals surface area contributed by atoms with E-state index in [1.165, 1.54) is 24.3 Å². The summed E-state index contributed by atoms with van der Waals surface area (Å²) < 4.78 is 4.51. The molecule has 2 N–H and O–H groups in total. The summed E-state index contributed by atoms with van der Waals surface area (Å²) >= 11 is 0. The van der Waals surface area contributed by atoms with Crippen LogP contribution in [0.4, 0.5) is 5.69 Å². The summed E-state index contributed by atoms with van der Waals surface area (Å²) in [7, 11) is 0. The third-order valence-electron chi connectivity index (χ3n) is 2.51. The fourth-order valence-corrected chi connectivity index (χ4v) is 1.54. The smallest absolute Gasteiger partial charge is 0.341 e. The standard InChI is InChI=1S/C11H8N2O6/c14-10(9-8(11(15)16)5-19-12-9)6-1-3-7(4-2-6)13(17)18/h1-5,10,14H,(H,15,16). The molecular weight excluding hydrogens is 256 g/mol. The maximum absolute atomic E-state index is 10.9.